The second kappa shape index (κ2) is 6.36. The highest BCUT2D eigenvalue weighted by molar-refractivity contribution is 7.98. The molecule has 0 aliphatic rings. The SMILES string of the molecule is CSc1nc(NCc2ccccc2)n2ncc(C(C)C)c2n1. The van der Waals surface area contributed by atoms with E-state index in [9.17, 15) is 0 Å². The Morgan fingerprint density at radius 1 is 1.18 bits per heavy atom. The Hall–Kier alpha value is -2.08. The number of nitrogens with one attached hydrogen (secondary N) is 1. The van der Waals surface area contributed by atoms with E-state index in [0.717, 1.165) is 22.3 Å². The molecule has 0 radical (unpaired) electrons. The number of hydrogen-bond acceptors (Lipinski definition) is 5. The molecule has 3 rings (SSSR count). The molecule has 0 aliphatic heterocycles. The average molecular weight is 313 g/mol. The van der Waals surface area contributed by atoms with Crippen LogP contribution in [0.4, 0.5) is 5.95 Å². The van der Waals surface area contributed by atoms with Crippen molar-refractivity contribution in [2.75, 3.05) is 11.6 Å². The highest BCUT2D eigenvalue weighted by Crippen LogP contribution is 2.23. The minimum atomic E-state index is 0.379. The average Bonchev–Trinajstić information content (AvgIpc) is 2.97. The van der Waals surface area contributed by atoms with Gasteiger partial charge in [0.15, 0.2) is 10.8 Å². The summed E-state index contributed by atoms with van der Waals surface area (Å²) < 4.78 is 1.79. The van der Waals surface area contributed by atoms with Crippen molar-refractivity contribution in [3.05, 3.63) is 47.7 Å². The number of rotatable bonds is 5. The molecule has 2 heterocycles. The largest absolute Gasteiger partial charge is 0.350 e. The van der Waals surface area contributed by atoms with Crippen molar-refractivity contribution in [1.82, 2.24) is 19.6 Å². The Labute approximate surface area is 134 Å². The second-order valence-electron chi connectivity index (χ2n) is 5.36. The second-order valence-corrected chi connectivity index (χ2v) is 6.14. The summed E-state index contributed by atoms with van der Waals surface area (Å²) >= 11 is 1.54. The van der Waals surface area contributed by atoms with Crippen LogP contribution in [0.3, 0.4) is 0 Å². The Bertz CT molecular complexity index is 767. The Morgan fingerprint density at radius 3 is 2.64 bits per heavy atom. The minimum Gasteiger partial charge on any atom is -0.350 e. The van der Waals surface area contributed by atoms with Gasteiger partial charge >= 0.3 is 0 Å². The quantitative estimate of drug-likeness (QED) is 0.730. The summed E-state index contributed by atoms with van der Waals surface area (Å²) in [6.07, 6.45) is 3.87. The van der Waals surface area contributed by atoms with E-state index in [4.69, 9.17) is 0 Å². The van der Waals surface area contributed by atoms with E-state index in [1.807, 2.05) is 30.7 Å². The minimum absolute atomic E-state index is 0.379. The first-order chi connectivity index (χ1) is 10.7. The third kappa shape index (κ3) is 2.92. The van der Waals surface area contributed by atoms with Gasteiger partial charge in [0, 0.05) is 12.1 Å². The number of aromatic nitrogens is 4. The van der Waals surface area contributed by atoms with Crippen LogP contribution in [-0.2, 0) is 6.54 Å². The van der Waals surface area contributed by atoms with Gasteiger partial charge in [-0.15, -0.1) is 0 Å². The molecule has 0 bridgehead atoms. The molecule has 1 N–H and O–H groups in total. The van der Waals surface area contributed by atoms with Gasteiger partial charge < -0.3 is 5.32 Å². The monoisotopic (exact) mass is 313 g/mol. The molecule has 2 aromatic heterocycles. The number of anilines is 1. The summed E-state index contributed by atoms with van der Waals surface area (Å²) in [6, 6.07) is 10.3. The van der Waals surface area contributed by atoms with Gasteiger partial charge in [-0.1, -0.05) is 55.9 Å². The molecule has 0 fully saturated rings. The van der Waals surface area contributed by atoms with E-state index in [1.54, 1.807) is 4.52 Å². The summed E-state index contributed by atoms with van der Waals surface area (Å²) in [6.45, 7) is 5.00. The van der Waals surface area contributed by atoms with Crippen LogP contribution in [0.25, 0.3) is 5.65 Å². The molecule has 0 saturated carbocycles. The normalized spacial score (nSPS) is 11.3. The molecular weight excluding hydrogens is 294 g/mol. The van der Waals surface area contributed by atoms with Crippen LogP contribution in [-0.4, -0.2) is 25.8 Å². The molecule has 22 heavy (non-hydrogen) atoms. The molecule has 0 aliphatic carbocycles. The molecule has 1 aromatic carbocycles. The predicted molar refractivity (Wildman–Crippen MR) is 90.4 cm³/mol. The van der Waals surface area contributed by atoms with Crippen molar-refractivity contribution in [2.24, 2.45) is 0 Å². The van der Waals surface area contributed by atoms with Crippen molar-refractivity contribution in [1.29, 1.82) is 0 Å². The van der Waals surface area contributed by atoms with Crippen LogP contribution in [0.2, 0.25) is 0 Å². The highest BCUT2D eigenvalue weighted by atomic mass is 32.2. The predicted octanol–water partition coefficient (Wildman–Crippen LogP) is 3.58. The lowest BCUT2D eigenvalue weighted by Crippen LogP contribution is -2.09. The number of thioether (sulfide) groups is 1. The van der Waals surface area contributed by atoms with Gasteiger partial charge in [0.25, 0.3) is 0 Å². The van der Waals surface area contributed by atoms with Gasteiger partial charge in [-0.25, -0.2) is 4.98 Å². The molecule has 5 nitrogen and oxygen atoms in total. The summed E-state index contributed by atoms with van der Waals surface area (Å²) in [5.41, 5.74) is 3.22. The lowest BCUT2D eigenvalue weighted by Gasteiger charge is -2.09. The van der Waals surface area contributed by atoms with E-state index in [2.05, 4.69) is 46.4 Å². The molecule has 0 saturated heterocycles. The molecule has 0 unspecified atom stereocenters. The smallest absolute Gasteiger partial charge is 0.228 e. The van der Waals surface area contributed by atoms with Crippen LogP contribution < -0.4 is 5.32 Å². The van der Waals surface area contributed by atoms with E-state index in [1.165, 1.54) is 17.3 Å². The van der Waals surface area contributed by atoms with E-state index in [0.29, 0.717) is 12.5 Å². The van der Waals surface area contributed by atoms with Gasteiger partial charge in [-0.05, 0) is 17.7 Å². The van der Waals surface area contributed by atoms with Crippen LogP contribution in [0.5, 0.6) is 0 Å². The summed E-state index contributed by atoms with van der Waals surface area (Å²) in [5, 5.41) is 8.57. The highest BCUT2D eigenvalue weighted by Gasteiger charge is 2.14. The fourth-order valence-corrected chi connectivity index (χ4v) is 2.62. The first-order valence-electron chi connectivity index (χ1n) is 7.26. The topological polar surface area (TPSA) is 55.1 Å². The number of nitrogens with zero attached hydrogens (tertiary/aromatic N) is 4. The lowest BCUT2D eigenvalue weighted by atomic mass is 10.1. The third-order valence-corrected chi connectivity index (χ3v) is 4.02. The molecule has 0 amide bonds. The zero-order valence-electron chi connectivity index (χ0n) is 12.9. The van der Waals surface area contributed by atoms with E-state index in [-0.39, 0.29) is 0 Å². The van der Waals surface area contributed by atoms with Crippen molar-refractivity contribution < 1.29 is 0 Å². The van der Waals surface area contributed by atoms with Crippen LogP contribution in [0.1, 0.15) is 30.9 Å². The number of hydrogen-bond donors (Lipinski definition) is 1. The van der Waals surface area contributed by atoms with Crippen molar-refractivity contribution in [3.8, 4) is 0 Å². The zero-order chi connectivity index (χ0) is 15.5. The van der Waals surface area contributed by atoms with Crippen molar-refractivity contribution in [2.45, 2.75) is 31.5 Å². The fraction of sp³-hybridized carbons (Fsp3) is 0.312. The zero-order valence-corrected chi connectivity index (χ0v) is 13.8. The Morgan fingerprint density at radius 2 is 1.95 bits per heavy atom. The van der Waals surface area contributed by atoms with Crippen LogP contribution >= 0.6 is 11.8 Å². The summed E-state index contributed by atoms with van der Waals surface area (Å²) in [5.74, 6) is 1.11. The molecule has 3 aromatic rings. The molecule has 114 valence electrons. The molecule has 0 spiro atoms. The van der Waals surface area contributed by atoms with Crippen LogP contribution in [0.15, 0.2) is 41.7 Å². The number of fused-ring (bicyclic) bond motifs is 1. The Kier molecular flexibility index (Phi) is 4.29. The standard InChI is InChI=1S/C16H19N5S/c1-11(2)13-10-18-21-14(13)19-16(22-3)20-15(21)17-9-12-7-5-4-6-8-12/h4-8,10-11H,9H2,1-3H3,(H,17,19,20). The lowest BCUT2D eigenvalue weighted by molar-refractivity contribution is 0.824. The first-order valence-corrected chi connectivity index (χ1v) is 8.49. The first kappa shape index (κ1) is 14.8. The van der Waals surface area contributed by atoms with Gasteiger partial charge in [0.05, 0.1) is 6.20 Å². The maximum absolute atomic E-state index is 4.60. The maximum atomic E-state index is 4.60. The van der Waals surface area contributed by atoms with Gasteiger partial charge in [-0.2, -0.15) is 14.6 Å². The molecule has 0 atom stereocenters. The van der Waals surface area contributed by atoms with Gasteiger partial charge in [-0.3, -0.25) is 0 Å². The maximum Gasteiger partial charge on any atom is 0.228 e. The fourth-order valence-electron chi connectivity index (χ4n) is 2.27. The Balaban J connectivity index is 1.97. The summed E-state index contributed by atoms with van der Waals surface area (Å²) in [4.78, 5) is 9.15. The van der Waals surface area contributed by atoms with E-state index < -0.39 is 0 Å². The third-order valence-electron chi connectivity index (χ3n) is 3.47. The van der Waals surface area contributed by atoms with E-state index >= 15 is 0 Å². The van der Waals surface area contributed by atoms with Gasteiger partial charge in [0.2, 0.25) is 5.95 Å². The molecular formula is C16H19N5S. The number of benzene rings is 1. The van der Waals surface area contributed by atoms with Crippen molar-refractivity contribution in [3.63, 3.8) is 0 Å². The van der Waals surface area contributed by atoms with Crippen LogP contribution in [0, 0.1) is 0 Å². The molecule has 6 heteroatoms. The van der Waals surface area contributed by atoms with Gasteiger partial charge in [0.1, 0.15) is 0 Å². The van der Waals surface area contributed by atoms with Crippen molar-refractivity contribution >= 4 is 23.4 Å². The summed E-state index contributed by atoms with van der Waals surface area (Å²) in [7, 11) is 0.